The van der Waals surface area contributed by atoms with Gasteiger partial charge in [0.25, 0.3) is 17.4 Å². The van der Waals surface area contributed by atoms with Crippen LogP contribution in [0, 0.1) is 11.7 Å². The first-order valence-electron chi connectivity index (χ1n) is 21.4. The van der Waals surface area contributed by atoms with Crippen molar-refractivity contribution in [3.8, 4) is 0 Å². The molecule has 0 atom stereocenters. The Labute approximate surface area is 367 Å². The standard InChI is InChI=1S/C44H52BrFN10O6/c45-32-25-38(48-39(57)28-53-19-21-62-22-20-53)41(47-26-32)44(61)55-9-7-30(8-10-55)27-51-11-13-52(14-12-51)29-40(58)54-15-17-56(18-16-54)43(60)35-23-31(5-6-36(35)46)24-37-33-3-1-2-4-34(33)42(59)50-49-37/h1-6,23,25-26,30H,7-22,24,27-29H2,(H,48,57)(H,50,59). The van der Waals surface area contributed by atoms with Gasteiger partial charge in [-0.05, 0) is 64.5 Å². The minimum Gasteiger partial charge on any atom is -0.379 e. The molecule has 0 bridgehead atoms. The summed E-state index contributed by atoms with van der Waals surface area (Å²) < 4.78 is 21.1. The number of halogens is 2. The summed E-state index contributed by atoms with van der Waals surface area (Å²) in [5.41, 5.74) is 1.65. The van der Waals surface area contributed by atoms with E-state index in [4.69, 9.17) is 4.74 Å². The average molecular weight is 916 g/mol. The van der Waals surface area contributed by atoms with E-state index in [0.29, 0.717) is 117 Å². The van der Waals surface area contributed by atoms with Gasteiger partial charge in [0, 0.05) is 108 Å². The Kier molecular flexibility index (Phi) is 14.0. The van der Waals surface area contributed by atoms with Crippen molar-refractivity contribution in [2.45, 2.75) is 19.3 Å². The molecule has 4 saturated heterocycles. The number of benzene rings is 2. The molecular weight excluding hydrogens is 863 g/mol. The predicted octanol–water partition coefficient (Wildman–Crippen LogP) is 2.54. The van der Waals surface area contributed by atoms with Gasteiger partial charge >= 0.3 is 0 Å². The summed E-state index contributed by atoms with van der Waals surface area (Å²) in [5, 5.41) is 10.9. The van der Waals surface area contributed by atoms with Crippen molar-refractivity contribution in [1.29, 1.82) is 0 Å². The first kappa shape index (κ1) is 43.5. The number of aromatic amines is 1. The average Bonchev–Trinajstić information content (AvgIpc) is 3.29. The van der Waals surface area contributed by atoms with Crippen LogP contribution < -0.4 is 10.9 Å². The van der Waals surface area contributed by atoms with Gasteiger partial charge < -0.3 is 29.7 Å². The Morgan fingerprint density at radius 3 is 2.18 bits per heavy atom. The van der Waals surface area contributed by atoms with Crippen LogP contribution in [0.5, 0.6) is 0 Å². The number of anilines is 1. The molecule has 6 heterocycles. The Hall–Kier alpha value is -5.14. The third-order valence-corrected chi connectivity index (χ3v) is 12.8. The SMILES string of the molecule is O=C(CN1CCOCC1)Nc1cc(Br)cnc1C(=O)N1CCC(CN2CCN(CC(=O)N3CCN(C(=O)c4cc(Cc5n[nH]c(=O)c6ccccc56)ccc4F)CC3)CC2)CC1. The van der Waals surface area contributed by atoms with Crippen LogP contribution in [0.1, 0.15) is 44.9 Å². The van der Waals surface area contributed by atoms with Crippen LogP contribution in [0.15, 0.2) is 64.0 Å². The molecular formula is C44H52BrFN10O6. The number of likely N-dealkylation sites (tertiary alicyclic amines) is 1. The monoisotopic (exact) mass is 914 g/mol. The van der Waals surface area contributed by atoms with E-state index in [2.05, 4.69) is 46.2 Å². The van der Waals surface area contributed by atoms with Crippen LogP contribution in [0.4, 0.5) is 10.1 Å². The lowest BCUT2D eigenvalue weighted by Crippen LogP contribution is -2.55. The molecule has 18 heteroatoms. The number of hydrogen-bond donors (Lipinski definition) is 2. The van der Waals surface area contributed by atoms with Crippen LogP contribution in [0.2, 0.25) is 0 Å². The number of pyridine rings is 1. The summed E-state index contributed by atoms with van der Waals surface area (Å²) in [6, 6.07) is 13.3. The van der Waals surface area contributed by atoms with Crippen LogP contribution in [0.25, 0.3) is 10.8 Å². The molecule has 4 aromatic rings. The third-order valence-electron chi connectivity index (χ3n) is 12.4. The van der Waals surface area contributed by atoms with Gasteiger partial charge in [-0.1, -0.05) is 24.3 Å². The van der Waals surface area contributed by atoms with Crippen molar-refractivity contribution < 1.29 is 28.3 Å². The van der Waals surface area contributed by atoms with E-state index in [-0.39, 0.29) is 41.1 Å². The van der Waals surface area contributed by atoms with Crippen LogP contribution >= 0.6 is 15.9 Å². The van der Waals surface area contributed by atoms with Crippen molar-refractivity contribution in [2.24, 2.45) is 5.92 Å². The highest BCUT2D eigenvalue weighted by molar-refractivity contribution is 9.10. The van der Waals surface area contributed by atoms with Crippen LogP contribution in [-0.4, -0.2) is 180 Å². The highest BCUT2D eigenvalue weighted by atomic mass is 79.9. The molecule has 4 fully saturated rings. The number of rotatable bonds is 11. The number of nitrogens with one attached hydrogen (secondary N) is 2. The summed E-state index contributed by atoms with van der Waals surface area (Å²) in [6.45, 7) is 9.90. The van der Waals surface area contributed by atoms with Gasteiger partial charge in [0.05, 0.1) is 48.6 Å². The lowest BCUT2D eigenvalue weighted by atomic mass is 9.95. The van der Waals surface area contributed by atoms with Gasteiger partial charge in [0.1, 0.15) is 5.82 Å². The van der Waals surface area contributed by atoms with Crippen molar-refractivity contribution in [1.82, 2.24) is 44.6 Å². The molecule has 328 valence electrons. The van der Waals surface area contributed by atoms with Crippen molar-refractivity contribution in [3.63, 3.8) is 0 Å². The Balaban J connectivity index is 0.753. The van der Waals surface area contributed by atoms with E-state index >= 15 is 4.39 Å². The molecule has 0 radical (unpaired) electrons. The van der Waals surface area contributed by atoms with E-state index in [1.807, 2.05) is 21.9 Å². The number of carbonyl (C=O) groups excluding carboxylic acids is 4. The normalized spacial score (nSPS) is 18.6. The number of nitrogens with zero attached hydrogens (tertiary/aromatic N) is 8. The largest absolute Gasteiger partial charge is 0.379 e. The van der Waals surface area contributed by atoms with E-state index in [1.54, 1.807) is 46.3 Å². The predicted molar refractivity (Wildman–Crippen MR) is 233 cm³/mol. The number of hydrogen-bond acceptors (Lipinski definition) is 11. The zero-order valence-electron chi connectivity index (χ0n) is 34.7. The van der Waals surface area contributed by atoms with Gasteiger partial charge in [-0.3, -0.25) is 33.8 Å². The van der Waals surface area contributed by atoms with Gasteiger partial charge in [-0.2, -0.15) is 5.10 Å². The molecule has 2 N–H and O–H groups in total. The fourth-order valence-corrected chi connectivity index (χ4v) is 9.12. The number of carbonyl (C=O) groups is 4. The second-order valence-corrected chi connectivity index (χ2v) is 17.4. The molecule has 8 rings (SSSR count). The zero-order chi connectivity index (χ0) is 43.2. The highest BCUT2D eigenvalue weighted by Gasteiger charge is 2.31. The quantitative estimate of drug-likeness (QED) is 0.227. The molecule has 0 aliphatic carbocycles. The summed E-state index contributed by atoms with van der Waals surface area (Å²) >= 11 is 3.43. The molecule has 0 unspecified atom stereocenters. The second kappa shape index (κ2) is 19.9. The number of morpholine rings is 1. The second-order valence-electron chi connectivity index (χ2n) is 16.5. The number of amides is 4. The molecule has 2 aromatic heterocycles. The van der Waals surface area contributed by atoms with E-state index in [9.17, 15) is 24.0 Å². The van der Waals surface area contributed by atoms with E-state index in [1.165, 1.54) is 6.07 Å². The maximum atomic E-state index is 15.0. The summed E-state index contributed by atoms with van der Waals surface area (Å²) in [4.78, 5) is 81.9. The number of aromatic nitrogens is 3. The fraction of sp³-hybridized carbons (Fsp3) is 0.477. The minimum absolute atomic E-state index is 0.0245. The van der Waals surface area contributed by atoms with Gasteiger partial charge in [0.15, 0.2) is 5.69 Å². The number of fused-ring (bicyclic) bond motifs is 1. The Morgan fingerprint density at radius 1 is 0.774 bits per heavy atom. The zero-order valence-corrected chi connectivity index (χ0v) is 36.3. The topological polar surface area (TPSA) is 168 Å². The third kappa shape index (κ3) is 10.5. The Bertz CT molecular complexity index is 2340. The fourth-order valence-electron chi connectivity index (χ4n) is 8.79. The summed E-state index contributed by atoms with van der Waals surface area (Å²) in [5.74, 6) is -0.932. The molecule has 62 heavy (non-hydrogen) atoms. The van der Waals surface area contributed by atoms with Gasteiger partial charge in [0.2, 0.25) is 11.8 Å². The number of ether oxygens (including phenoxy) is 1. The van der Waals surface area contributed by atoms with Gasteiger partial charge in [-0.15, -0.1) is 0 Å². The maximum Gasteiger partial charge on any atom is 0.274 e. The molecule has 4 aliphatic rings. The van der Waals surface area contributed by atoms with Crippen molar-refractivity contribution >= 4 is 56.0 Å². The van der Waals surface area contributed by atoms with Crippen LogP contribution in [-0.2, 0) is 20.7 Å². The summed E-state index contributed by atoms with van der Waals surface area (Å²) in [6.07, 6.45) is 3.64. The Morgan fingerprint density at radius 2 is 1.44 bits per heavy atom. The number of H-pyrrole nitrogens is 1. The molecule has 4 aliphatic heterocycles. The first-order chi connectivity index (χ1) is 30.1. The highest BCUT2D eigenvalue weighted by Crippen LogP contribution is 2.25. The smallest absolute Gasteiger partial charge is 0.274 e. The van der Waals surface area contributed by atoms with Crippen molar-refractivity contribution in [3.05, 3.63) is 97.9 Å². The molecule has 0 spiro atoms. The van der Waals surface area contributed by atoms with Crippen molar-refractivity contribution in [2.75, 3.05) is 117 Å². The molecule has 0 saturated carbocycles. The maximum absolute atomic E-state index is 15.0. The van der Waals surface area contributed by atoms with E-state index < -0.39 is 11.7 Å². The molecule has 2 aromatic carbocycles. The van der Waals surface area contributed by atoms with Gasteiger partial charge in [-0.25, -0.2) is 14.5 Å². The first-order valence-corrected chi connectivity index (χ1v) is 22.2. The lowest BCUT2D eigenvalue weighted by Gasteiger charge is -2.40. The summed E-state index contributed by atoms with van der Waals surface area (Å²) in [7, 11) is 0. The van der Waals surface area contributed by atoms with Crippen LogP contribution in [0.3, 0.4) is 0 Å². The van der Waals surface area contributed by atoms with E-state index in [0.717, 1.165) is 45.6 Å². The lowest BCUT2D eigenvalue weighted by molar-refractivity contribution is -0.134. The minimum atomic E-state index is -0.609. The molecule has 4 amide bonds. The number of piperazine rings is 2. The number of piperidine rings is 1. The molecule has 16 nitrogen and oxygen atoms in total.